The van der Waals surface area contributed by atoms with Crippen LogP contribution in [-0.4, -0.2) is 34.7 Å². The highest BCUT2D eigenvalue weighted by atomic mass is 19.3. The fourth-order valence-corrected chi connectivity index (χ4v) is 2.20. The van der Waals surface area contributed by atoms with Gasteiger partial charge in [0.15, 0.2) is 0 Å². The van der Waals surface area contributed by atoms with E-state index in [-0.39, 0.29) is 11.6 Å². The van der Waals surface area contributed by atoms with Crippen LogP contribution >= 0.6 is 0 Å². The standard InChI is InChI=1S/C16H21F2N3O2/c1-3-5-10-21(4-2)11-14-19-15(20-23-14)12-8-6-7-9-13(12)22-16(17)18/h6-9,16H,3-5,10-11H2,1-2H3. The zero-order valence-corrected chi connectivity index (χ0v) is 13.3. The van der Waals surface area contributed by atoms with E-state index in [9.17, 15) is 8.78 Å². The third-order valence-electron chi connectivity index (χ3n) is 3.45. The van der Waals surface area contributed by atoms with Crippen LogP contribution in [0.15, 0.2) is 28.8 Å². The van der Waals surface area contributed by atoms with Crippen molar-refractivity contribution in [1.82, 2.24) is 15.0 Å². The van der Waals surface area contributed by atoms with Crippen LogP contribution in [-0.2, 0) is 6.54 Å². The van der Waals surface area contributed by atoms with Crippen molar-refractivity contribution in [2.24, 2.45) is 0 Å². The molecular formula is C16H21F2N3O2. The molecule has 2 aromatic rings. The number of aromatic nitrogens is 2. The van der Waals surface area contributed by atoms with Crippen LogP contribution in [0.1, 0.15) is 32.6 Å². The summed E-state index contributed by atoms with van der Waals surface area (Å²) in [7, 11) is 0. The van der Waals surface area contributed by atoms with Crippen molar-refractivity contribution in [3.8, 4) is 17.1 Å². The Kier molecular flexibility index (Phi) is 6.46. The number of alkyl halides is 2. The van der Waals surface area contributed by atoms with E-state index in [0.717, 1.165) is 25.9 Å². The molecule has 0 amide bonds. The van der Waals surface area contributed by atoms with E-state index < -0.39 is 6.61 Å². The van der Waals surface area contributed by atoms with Crippen molar-refractivity contribution < 1.29 is 18.0 Å². The SMILES string of the molecule is CCCCN(CC)Cc1nc(-c2ccccc2OC(F)F)no1. The molecule has 0 bridgehead atoms. The molecule has 0 aliphatic rings. The number of nitrogens with zero attached hydrogens (tertiary/aromatic N) is 3. The molecule has 0 saturated carbocycles. The number of halogens is 2. The topological polar surface area (TPSA) is 51.4 Å². The smallest absolute Gasteiger partial charge is 0.387 e. The van der Waals surface area contributed by atoms with Gasteiger partial charge in [-0.15, -0.1) is 0 Å². The molecule has 0 fully saturated rings. The lowest BCUT2D eigenvalue weighted by Crippen LogP contribution is -2.24. The number of unbranched alkanes of at least 4 members (excludes halogenated alkanes) is 1. The molecule has 126 valence electrons. The molecular weight excluding hydrogens is 304 g/mol. The first-order chi connectivity index (χ1) is 11.1. The molecule has 7 heteroatoms. The Morgan fingerprint density at radius 2 is 2.04 bits per heavy atom. The number of para-hydroxylation sites is 1. The Balaban J connectivity index is 2.13. The number of ether oxygens (including phenoxy) is 1. The second kappa shape index (κ2) is 8.57. The Morgan fingerprint density at radius 3 is 2.74 bits per heavy atom. The molecule has 2 rings (SSSR count). The Labute approximate surface area is 134 Å². The van der Waals surface area contributed by atoms with Gasteiger partial charge < -0.3 is 9.26 Å². The number of hydrogen-bond donors (Lipinski definition) is 0. The van der Waals surface area contributed by atoms with Gasteiger partial charge in [-0.3, -0.25) is 4.90 Å². The molecule has 0 radical (unpaired) electrons. The molecule has 0 spiro atoms. The van der Waals surface area contributed by atoms with Gasteiger partial charge in [-0.05, 0) is 31.6 Å². The van der Waals surface area contributed by atoms with E-state index >= 15 is 0 Å². The Hall–Kier alpha value is -2.02. The highest BCUT2D eigenvalue weighted by Gasteiger charge is 2.16. The highest BCUT2D eigenvalue weighted by Crippen LogP contribution is 2.28. The van der Waals surface area contributed by atoms with Crippen LogP contribution < -0.4 is 4.74 Å². The van der Waals surface area contributed by atoms with Crippen LogP contribution in [0.25, 0.3) is 11.4 Å². The second-order valence-corrected chi connectivity index (χ2v) is 5.11. The van der Waals surface area contributed by atoms with Crippen LogP contribution in [0.2, 0.25) is 0 Å². The first-order valence-corrected chi connectivity index (χ1v) is 7.73. The summed E-state index contributed by atoms with van der Waals surface area (Å²) in [6.45, 7) is 3.68. The van der Waals surface area contributed by atoms with Gasteiger partial charge in [0.1, 0.15) is 5.75 Å². The van der Waals surface area contributed by atoms with Crippen molar-refractivity contribution >= 4 is 0 Å². The molecule has 0 saturated heterocycles. The van der Waals surface area contributed by atoms with Gasteiger partial charge in [0.05, 0.1) is 12.1 Å². The molecule has 0 aliphatic carbocycles. The highest BCUT2D eigenvalue weighted by molar-refractivity contribution is 5.63. The summed E-state index contributed by atoms with van der Waals surface area (Å²) in [5.74, 6) is 0.751. The average Bonchev–Trinajstić information content (AvgIpc) is 2.99. The zero-order valence-electron chi connectivity index (χ0n) is 13.3. The van der Waals surface area contributed by atoms with Gasteiger partial charge in [-0.25, -0.2) is 0 Å². The Morgan fingerprint density at radius 1 is 1.26 bits per heavy atom. The zero-order chi connectivity index (χ0) is 16.7. The minimum atomic E-state index is -2.90. The van der Waals surface area contributed by atoms with Crippen molar-refractivity contribution in [3.63, 3.8) is 0 Å². The predicted molar refractivity (Wildman–Crippen MR) is 82.2 cm³/mol. The molecule has 1 aromatic heterocycles. The van der Waals surface area contributed by atoms with E-state index in [2.05, 4.69) is 33.6 Å². The van der Waals surface area contributed by atoms with E-state index in [1.807, 2.05) is 0 Å². The molecule has 0 aliphatic heterocycles. The largest absolute Gasteiger partial charge is 0.434 e. The minimum Gasteiger partial charge on any atom is -0.434 e. The summed E-state index contributed by atoms with van der Waals surface area (Å²) < 4.78 is 34.7. The van der Waals surface area contributed by atoms with Crippen molar-refractivity contribution in [2.75, 3.05) is 13.1 Å². The summed E-state index contributed by atoms with van der Waals surface area (Å²) in [6, 6.07) is 6.41. The lowest BCUT2D eigenvalue weighted by atomic mass is 10.2. The third-order valence-corrected chi connectivity index (χ3v) is 3.45. The molecule has 5 nitrogen and oxygen atoms in total. The fourth-order valence-electron chi connectivity index (χ4n) is 2.20. The lowest BCUT2D eigenvalue weighted by molar-refractivity contribution is -0.0494. The number of rotatable bonds is 9. The van der Waals surface area contributed by atoms with E-state index in [1.165, 1.54) is 6.07 Å². The van der Waals surface area contributed by atoms with Crippen LogP contribution in [0.4, 0.5) is 8.78 Å². The normalized spacial score (nSPS) is 11.4. The fraction of sp³-hybridized carbons (Fsp3) is 0.500. The summed E-state index contributed by atoms with van der Waals surface area (Å²) >= 11 is 0. The van der Waals surface area contributed by atoms with Crippen molar-refractivity contribution in [1.29, 1.82) is 0 Å². The first-order valence-electron chi connectivity index (χ1n) is 7.73. The molecule has 0 atom stereocenters. The predicted octanol–water partition coefficient (Wildman–Crippen LogP) is 3.96. The minimum absolute atomic E-state index is 0.0354. The van der Waals surface area contributed by atoms with Gasteiger partial charge in [-0.2, -0.15) is 13.8 Å². The second-order valence-electron chi connectivity index (χ2n) is 5.11. The van der Waals surface area contributed by atoms with E-state index in [4.69, 9.17) is 4.52 Å². The maximum atomic E-state index is 12.5. The van der Waals surface area contributed by atoms with Gasteiger partial charge in [0.2, 0.25) is 11.7 Å². The summed E-state index contributed by atoms with van der Waals surface area (Å²) in [5, 5.41) is 3.88. The maximum absolute atomic E-state index is 12.5. The van der Waals surface area contributed by atoms with Crippen LogP contribution in [0, 0.1) is 0 Å². The van der Waals surface area contributed by atoms with Crippen LogP contribution in [0.5, 0.6) is 5.75 Å². The summed E-state index contributed by atoms with van der Waals surface area (Å²) in [5.41, 5.74) is 0.388. The lowest BCUT2D eigenvalue weighted by Gasteiger charge is -2.17. The monoisotopic (exact) mass is 325 g/mol. The average molecular weight is 325 g/mol. The molecule has 1 heterocycles. The third kappa shape index (κ3) is 4.99. The summed E-state index contributed by atoms with van der Waals surface area (Å²) in [6.07, 6.45) is 2.21. The van der Waals surface area contributed by atoms with E-state index in [1.54, 1.807) is 18.2 Å². The first kappa shape index (κ1) is 17.3. The van der Waals surface area contributed by atoms with Gasteiger partial charge in [-0.1, -0.05) is 37.6 Å². The van der Waals surface area contributed by atoms with Crippen molar-refractivity contribution in [3.05, 3.63) is 30.2 Å². The number of hydrogen-bond acceptors (Lipinski definition) is 5. The van der Waals surface area contributed by atoms with Gasteiger partial charge in [0.25, 0.3) is 0 Å². The number of benzene rings is 1. The molecule has 1 aromatic carbocycles. The summed E-state index contributed by atoms with van der Waals surface area (Å²) in [4.78, 5) is 6.50. The van der Waals surface area contributed by atoms with Gasteiger partial charge in [0, 0.05) is 0 Å². The molecule has 23 heavy (non-hydrogen) atoms. The van der Waals surface area contributed by atoms with Gasteiger partial charge >= 0.3 is 6.61 Å². The molecule has 0 N–H and O–H groups in total. The van der Waals surface area contributed by atoms with Crippen molar-refractivity contribution in [2.45, 2.75) is 39.8 Å². The Bertz CT molecular complexity index is 605. The maximum Gasteiger partial charge on any atom is 0.387 e. The van der Waals surface area contributed by atoms with E-state index in [0.29, 0.717) is 18.0 Å². The molecule has 0 unspecified atom stereocenters. The van der Waals surface area contributed by atoms with Crippen LogP contribution in [0.3, 0.4) is 0 Å². The quantitative estimate of drug-likeness (QED) is 0.698.